The van der Waals surface area contributed by atoms with Gasteiger partial charge in [0.2, 0.25) is 5.91 Å². The monoisotopic (exact) mass is 508 g/mol. The summed E-state index contributed by atoms with van der Waals surface area (Å²) in [5.41, 5.74) is 6.10. The van der Waals surface area contributed by atoms with E-state index in [4.69, 9.17) is 10.7 Å². The van der Waals surface area contributed by atoms with Crippen molar-refractivity contribution >= 4 is 47.2 Å². The Morgan fingerprint density at radius 3 is 2.37 bits per heavy atom. The number of nitrogens with one attached hydrogen (secondary N) is 1. The third kappa shape index (κ3) is 5.77. The maximum atomic E-state index is 11.7. The van der Waals surface area contributed by atoms with Gasteiger partial charge in [0, 0.05) is 38.1 Å². The van der Waals surface area contributed by atoms with Crippen molar-refractivity contribution in [3.63, 3.8) is 0 Å². The van der Waals surface area contributed by atoms with Gasteiger partial charge in [-0.2, -0.15) is 0 Å². The van der Waals surface area contributed by atoms with Crippen molar-refractivity contribution < 1.29 is 4.79 Å². The predicted molar refractivity (Wildman–Crippen MR) is 123 cm³/mol. The van der Waals surface area contributed by atoms with E-state index in [0.717, 1.165) is 37.1 Å². The maximum Gasteiger partial charge on any atom is 0.237 e. The second-order valence-electron chi connectivity index (χ2n) is 7.50. The molecule has 0 bridgehead atoms. The van der Waals surface area contributed by atoms with Gasteiger partial charge in [-0.05, 0) is 26.7 Å². The number of primary amides is 1. The van der Waals surface area contributed by atoms with Crippen molar-refractivity contribution in [3.05, 3.63) is 15.6 Å². The number of aryl methyl sites for hydroxylation is 1. The lowest BCUT2D eigenvalue weighted by atomic mass is 10.0. The van der Waals surface area contributed by atoms with Crippen molar-refractivity contribution in [3.8, 4) is 0 Å². The smallest absolute Gasteiger partial charge is 0.237 e. The maximum absolute atomic E-state index is 11.7. The average molecular weight is 508 g/mol. The third-order valence-electron chi connectivity index (χ3n) is 5.01. The topological polar surface area (TPSA) is 86.8 Å². The molecule has 0 aliphatic carbocycles. The van der Waals surface area contributed by atoms with Gasteiger partial charge in [0.25, 0.3) is 0 Å². The summed E-state index contributed by atoms with van der Waals surface area (Å²) < 4.78 is 0. The normalized spacial score (nSPS) is 16.4. The molecule has 1 fully saturated rings. The van der Waals surface area contributed by atoms with Gasteiger partial charge >= 0.3 is 0 Å². The molecule has 3 N–H and O–H groups in total. The second-order valence-corrected chi connectivity index (χ2v) is 8.79. The molecule has 1 aliphatic rings. The highest BCUT2D eigenvalue weighted by Gasteiger charge is 2.35. The summed E-state index contributed by atoms with van der Waals surface area (Å²) in [5, 5.41) is 4.51. The van der Waals surface area contributed by atoms with Crippen molar-refractivity contribution in [2.45, 2.75) is 52.6 Å². The number of guanidine groups is 1. The molecule has 0 atom stereocenters. The first-order valence-corrected chi connectivity index (χ1v) is 9.95. The van der Waals surface area contributed by atoms with Gasteiger partial charge in [0.05, 0.1) is 17.8 Å². The van der Waals surface area contributed by atoms with E-state index in [9.17, 15) is 4.79 Å². The zero-order valence-electron chi connectivity index (χ0n) is 17.2. The fraction of sp³-hybridized carbons (Fsp3) is 0.722. The van der Waals surface area contributed by atoms with Crippen LogP contribution < -0.4 is 11.1 Å². The standard InChI is InChI=1S/C18H32N6OS.HI/c1-12(2)15-13(3)26-14(22-15)11-21-17(20-6)23-7-9-24(10-8-23)18(4,5)16(19)25;/h12H,7-11H2,1-6H3,(H2,19,25)(H,20,21);1H. The molecule has 9 heteroatoms. The zero-order chi connectivity index (χ0) is 19.5. The van der Waals surface area contributed by atoms with E-state index in [1.165, 1.54) is 10.6 Å². The SMILES string of the molecule is CN=C(NCc1nc(C(C)C)c(C)s1)N1CCN(C(C)(C)C(N)=O)CC1.I. The number of amides is 1. The highest BCUT2D eigenvalue weighted by atomic mass is 127. The Morgan fingerprint density at radius 2 is 1.93 bits per heavy atom. The van der Waals surface area contributed by atoms with E-state index in [1.54, 1.807) is 18.4 Å². The summed E-state index contributed by atoms with van der Waals surface area (Å²) >= 11 is 1.74. The quantitative estimate of drug-likeness (QED) is 0.362. The lowest BCUT2D eigenvalue weighted by Gasteiger charge is -2.43. The molecule has 1 saturated heterocycles. The number of rotatable bonds is 5. The van der Waals surface area contributed by atoms with Crippen LogP contribution in [-0.4, -0.2) is 65.4 Å². The second kappa shape index (κ2) is 10.0. The van der Waals surface area contributed by atoms with Crippen LogP contribution >= 0.6 is 35.3 Å². The highest BCUT2D eigenvalue weighted by molar-refractivity contribution is 14.0. The minimum atomic E-state index is -0.616. The molecule has 0 unspecified atom stereocenters. The van der Waals surface area contributed by atoms with Gasteiger partial charge < -0.3 is 16.0 Å². The van der Waals surface area contributed by atoms with Crippen LogP contribution in [0.1, 0.15) is 49.2 Å². The van der Waals surface area contributed by atoms with Crippen LogP contribution in [0.25, 0.3) is 0 Å². The fourth-order valence-corrected chi connectivity index (χ4v) is 4.22. The van der Waals surface area contributed by atoms with Gasteiger partial charge in [-0.25, -0.2) is 4.98 Å². The van der Waals surface area contributed by atoms with Crippen LogP contribution in [0.4, 0.5) is 0 Å². The van der Waals surface area contributed by atoms with Crippen LogP contribution in [-0.2, 0) is 11.3 Å². The average Bonchev–Trinajstić information content (AvgIpc) is 2.97. The van der Waals surface area contributed by atoms with Gasteiger partial charge in [-0.15, -0.1) is 35.3 Å². The largest absolute Gasteiger partial charge is 0.368 e. The summed E-state index contributed by atoms with van der Waals surface area (Å²) in [6, 6.07) is 0. The first kappa shape index (κ1) is 24.1. The summed E-state index contributed by atoms with van der Waals surface area (Å²) in [7, 11) is 1.80. The molecule has 0 saturated carbocycles. The van der Waals surface area contributed by atoms with Crippen molar-refractivity contribution in [2.75, 3.05) is 33.2 Å². The summed E-state index contributed by atoms with van der Waals surface area (Å²) in [5.74, 6) is 1.04. The number of hydrogen-bond donors (Lipinski definition) is 2. The van der Waals surface area contributed by atoms with Crippen LogP contribution in [0.5, 0.6) is 0 Å². The molecule has 1 aromatic rings. The van der Waals surface area contributed by atoms with E-state index < -0.39 is 5.54 Å². The Balaban J connectivity index is 0.00000364. The van der Waals surface area contributed by atoms with Crippen molar-refractivity contribution in [1.82, 2.24) is 20.1 Å². The number of nitrogens with zero attached hydrogens (tertiary/aromatic N) is 4. The minimum Gasteiger partial charge on any atom is -0.368 e. The Bertz CT molecular complexity index is 665. The fourth-order valence-electron chi connectivity index (χ4n) is 3.20. The van der Waals surface area contributed by atoms with E-state index >= 15 is 0 Å². The van der Waals surface area contributed by atoms with Crippen molar-refractivity contribution in [2.24, 2.45) is 10.7 Å². The molecule has 1 amide bonds. The first-order chi connectivity index (χ1) is 12.2. The van der Waals surface area contributed by atoms with Crippen LogP contribution in [0.2, 0.25) is 0 Å². The Labute approximate surface area is 183 Å². The molecular weight excluding hydrogens is 475 g/mol. The predicted octanol–water partition coefficient (Wildman–Crippen LogP) is 2.15. The zero-order valence-corrected chi connectivity index (χ0v) is 20.4. The number of hydrogen-bond acceptors (Lipinski definition) is 5. The van der Waals surface area contributed by atoms with Crippen LogP contribution in [0.15, 0.2) is 4.99 Å². The number of thiazole rings is 1. The molecule has 2 heterocycles. The molecular formula is C18H33IN6OS. The lowest BCUT2D eigenvalue weighted by Crippen LogP contribution is -2.61. The molecule has 0 aromatic carbocycles. The molecule has 0 radical (unpaired) electrons. The van der Waals surface area contributed by atoms with E-state index in [1.807, 2.05) is 13.8 Å². The first-order valence-electron chi connectivity index (χ1n) is 9.13. The summed E-state index contributed by atoms with van der Waals surface area (Å²) in [4.78, 5) is 26.5. The van der Waals surface area contributed by atoms with Gasteiger partial charge in [0.15, 0.2) is 5.96 Å². The number of piperazine rings is 1. The van der Waals surface area contributed by atoms with Gasteiger partial charge in [-0.1, -0.05) is 13.8 Å². The van der Waals surface area contributed by atoms with E-state index in [2.05, 4.69) is 40.9 Å². The van der Waals surface area contributed by atoms with E-state index in [-0.39, 0.29) is 29.9 Å². The Morgan fingerprint density at radius 1 is 1.33 bits per heavy atom. The number of carbonyl (C=O) groups is 1. The molecule has 7 nitrogen and oxygen atoms in total. The molecule has 2 rings (SSSR count). The summed E-state index contributed by atoms with van der Waals surface area (Å²) in [6.45, 7) is 14.1. The van der Waals surface area contributed by atoms with Gasteiger partial charge in [-0.3, -0.25) is 14.7 Å². The lowest BCUT2D eigenvalue weighted by molar-refractivity contribution is -0.129. The van der Waals surface area contributed by atoms with Crippen LogP contribution in [0, 0.1) is 6.92 Å². The number of halogens is 1. The summed E-state index contributed by atoms with van der Waals surface area (Å²) in [6.07, 6.45) is 0. The number of carbonyl (C=O) groups excluding carboxylic acids is 1. The Hall–Kier alpha value is -0.940. The van der Waals surface area contributed by atoms with Gasteiger partial charge in [0.1, 0.15) is 5.01 Å². The number of nitrogens with two attached hydrogens (primary N) is 1. The number of aromatic nitrogens is 1. The van der Waals surface area contributed by atoms with Crippen LogP contribution in [0.3, 0.4) is 0 Å². The Kier molecular flexibility index (Phi) is 8.94. The molecule has 27 heavy (non-hydrogen) atoms. The number of aliphatic imine (C=N–C) groups is 1. The highest BCUT2D eigenvalue weighted by Crippen LogP contribution is 2.24. The van der Waals surface area contributed by atoms with Crippen molar-refractivity contribution in [1.29, 1.82) is 0 Å². The molecule has 1 aromatic heterocycles. The molecule has 1 aliphatic heterocycles. The minimum absolute atomic E-state index is 0. The third-order valence-corrected chi connectivity index (χ3v) is 5.99. The van der Waals surface area contributed by atoms with E-state index in [0.29, 0.717) is 12.5 Å². The molecule has 154 valence electrons. The molecule has 0 spiro atoms.